The van der Waals surface area contributed by atoms with E-state index in [1.54, 1.807) is 35.3 Å². The van der Waals surface area contributed by atoms with Crippen molar-refractivity contribution < 1.29 is 0 Å². The Bertz CT molecular complexity index is 541. The molecule has 0 aliphatic heterocycles. The quantitative estimate of drug-likeness (QED) is 0.602. The highest BCUT2D eigenvalue weighted by Gasteiger charge is 2.08. The van der Waals surface area contributed by atoms with Gasteiger partial charge in [0, 0.05) is 19.6 Å². The van der Waals surface area contributed by atoms with Crippen LogP contribution in [-0.2, 0) is 0 Å². The van der Waals surface area contributed by atoms with Crippen LogP contribution in [0.5, 0.6) is 0 Å². The lowest BCUT2D eigenvalue weighted by Gasteiger charge is -2.11. The Labute approximate surface area is 127 Å². The smallest absolute Gasteiger partial charge is 0.0591 e. The minimum Gasteiger partial charge on any atom is -0.397 e. The first-order valence-electron chi connectivity index (χ1n) is 6.07. The van der Waals surface area contributed by atoms with Gasteiger partial charge in [-0.15, -0.1) is 23.5 Å². The molecule has 0 saturated heterocycles. The molecule has 0 amide bonds. The molecule has 2 rings (SSSR count). The molecule has 0 fully saturated rings. The molecular formula is C15H17NS3. The van der Waals surface area contributed by atoms with Crippen LogP contribution in [0.2, 0.25) is 0 Å². The third-order valence-corrected chi connectivity index (χ3v) is 5.27. The van der Waals surface area contributed by atoms with Gasteiger partial charge in [-0.25, -0.2) is 0 Å². The first-order chi connectivity index (χ1) is 9.24. The molecule has 0 unspecified atom stereocenters. The van der Waals surface area contributed by atoms with Gasteiger partial charge in [-0.3, -0.25) is 0 Å². The second-order valence-corrected chi connectivity index (χ2v) is 7.19. The molecule has 100 valence electrons. The molecule has 1 nitrogen and oxygen atoms in total. The first kappa shape index (κ1) is 14.7. The minimum atomic E-state index is 0.914. The highest BCUT2D eigenvalue weighted by Crippen LogP contribution is 2.39. The van der Waals surface area contributed by atoms with Gasteiger partial charge < -0.3 is 5.73 Å². The molecule has 2 aromatic rings. The van der Waals surface area contributed by atoms with Gasteiger partial charge in [-0.1, -0.05) is 36.9 Å². The fourth-order valence-electron chi connectivity index (χ4n) is 1.70. The zero-order valence-electron chi connectivity index (χ0n) is 11.1. The summed E-state index contributed by atoms with van der Waals surface area (Å²) in [7, 11) is 0. The standard InChI is InChI=1S/C15H17NS3/c1-3-18-14-10-12(9-13(17-2)15(14)16)19-11-7-5-4-6-8-11/h4-10H,3,16H2,1-2H3. The third kappa shape index (κ3) is 3.88. The van der Waals surface area contributed by atoms with E-state index in [1.807, 2.05) is 6.07 Å². The maximum atomic E-state index is 6.19. The van der Waals surface area contributed by atoms with Crippen LogP contribution in [-0.4, -0.2) is 12.0 Å². The van der Waals surface area contributed by atoms with Gasteiger partial charge in [0.1, 0.15) is 0 Å². The predicted molar refractivity (Wildman–Crippen MR) is 89.6 cm³/mol. The Hall–Kier alpha value is -0.710. The van der Waals surface area contributed by atoms with E-state index in [-0.39, 0.29) is 0 Å². The second kappa shape index (κ2) is 7.17. The average molecular weight is 308 g/mol. The van der Waals surface area contributed by atoms with E-state index in [0.717, 1.165) is 16.3 Å². The predicted octanol–water partition coefficient (Wildman–Crippen LogP) is 5.25. The second-order valence-electron chi connectivity index (χ2n) is 3.89. The van der Waals surface area contributed by atoms with Crippen LogP contribution in [0.1, 0.15) is 6.92 Å². The topological polar surface area (TPSA) is 26.0 Å². The lowest BCUT2D eigenvalue weighted by atomic mass is 10.3. The molecule has 0 aromatic heterocycles. The van der Waals surface area contributed by atoms with Crippen molar-refractivity contribution in [3.05, 3.63) is 42.5 Å². The molecule has 2 N–H and O–H groups in total. The largest absolute Gasteiger partial charge is 0.397 e. The van der Waals surface area contributed by atoms with E-state index in [0.29, 0.717) is 0 Å². The van der Waals surface area contributed by atoms with Crippen molar-refractivity contribution in [1.29, 1.82) is 0 Å². The maximum Gasteiger partial charge on any atom is 0.0591 e. The summed E-state index contributed by atoms with van der Waals surface area (Å²) in [4.78, 5) is 4.86. The summed E-state index contributed by atoms with van der Waals surface area (Å²) in [6.45, 7) is 2.15. The maximum absolute atomic E-state index is 6.19. The van der Waals surface area contributed by atoms with Gasteiger partial charge in [-0.2, -0.15) is 0 Å². The SMILES string of the molecule is CCSc1cc(Sc2ccccc2)cc(SC)c1N. The lowest BCUT2D eigenvalue weighted by Crippen LogP contribution is -1.93. The number of benzene rings is 2. The lowest BCUT2D eigenvalue weighted by molar-refractivity contribution is 1.24. The summed E-state index contributed by atoms with van der Waals surface area (Å²) in [6, 6.07) is 14.8. The van der Waals surface area contributed by atoms with Crippen LogP contribution in [0.3, 0.4) is 0 Å². The number of hydrogen-bond acceptors (Lipinski definition) is 4. The normalized spacial score (nSPS) is 10.6. The molecule has 0 spiro atoms. The van der Waals surface area contributed by atoms with Crippen molar-refractivity contribution in [3.8, 4) is 0 Å². The number of nitrogen functional groups attached to an aromatic ring is 1. The van der Waals surface area contributed by atoms with E-state index in [1.165, 1.54) is 14.7 Å². The average Bonchev–Trinajstić information content (AvgIpc) is 2.43. The summed E-state index contributed by atoms with van der Waals surface area (Å²) in [5.41, 5.74) is 7.10. The van der Waals surface area contributed by atoms with Gasteiger partial charge >= 0.3 is 0 Å². The Balaban J connectivity index is 2.32. The molecule has 0 saturated carbocycles. The fourth-order valence-corrected chi connectivity index (χ4v) is 4.20. The fraction of sp³-hybridized carbons (Fsp3) is 0.200. The van der Waals surface area contributed by atoms with Crippen LogP contribution < -0.4 is 5.73 Å². The number of anilines is 1. The molecule has 0 atom stereocenters. The summed E-state index contributed by atoms with van der Waals surface area (Å²) >= 11 is 5.30. The van der Waals surface area contributed by atoms with Gasteiger partial charge in [0.2, 0.25) is 0 Å². The third-order valence-electron chi connectivity index (χ3n) is 2.58. The van der Waals surface area contributed by atoms with Crippen LogP contribution in [0.15, 0.2) is 62.0 Å². The summed E-state index contributed by atoms with van der Waals surface area (Å²) < 4.78 is 0. The Morgan fingerprint density at radius 2 is 1.68 bits per heavy atom. The van der Waals surface area contributed by atoms with Gasteiger partial charge in [0.05, 0.1) is 5.69 Å². The van der Waals surface area contributed by atoms with E-state index >= 15 is 0 Å². The Kier molecular flexibility index (Phi) is 5.55. The molecule has 0 aliphatic rings. The molecular weight excluding hydrogens is 290 g/mol. The molecule has 0 aliphatic carbocycles. The van der Waals surface area contributed by atoms with Crippen molar-refractivity contribution in [2.45, 2.75) is 26.5 Å². The Morgan fingerprint density at radius 3 is 2.32 bits per heavy atom. The number of hydrogen-bond donors (Lipinski definition) is 1. The molecule has 0 bridgehead atoms. The number of thioether (sulfide) groups is 2. The van der Waals surface area contributed by atoms with E-state index in [9.17, 15) is 0 Å². The molecule has 0 radical (unpaired) electrons. The van der Waals surface area contributed by atoms with E-state index in [4.69, 9.17) is 5.73 Å². The Morgan fingerprint density at radius 1 is 1.00 bits per heavy atom. The molecule has 4 heteroatoms. The molecule has 2 aromatic carbocycles. The highest BCUT2D eigenvalue weighted by molar-refractivity contribution is 8.00. The van der Waals surface area contributed by atoms with Crippen LogP contribution in [0.25, 0.3) is 0 Å². The van der Waals surface area contributed by atoms with Gasteiger partial charge in [-0.05, 0) is 36.3 Å². The van der Waals surface area contributed by atoms with Crippen LogP contribution in [0, 0.1) is 0 Å². The summed E-state index contributed by atoms with van der Waals surface area (Å²) in [6.07, 6.45) is 2.07. The van der Waals surface area contributed by atoms with Crippen molar-refractivity contribution >= 4 is 41.0 Å². The van der Waals surface area contributed by atoms with E-state index < -0.39 is 0 Å². The van der Waals surface area contributed by atoms with Crippen molar-refractivity contribution in [2.75, 3.05) is 17.7 Å². The van der Waals surface area contributed by atoms with Crippen molar-refractivity contribution in [3.63, 3.8) is 0 Å². The zero-order chi connectivity index (χ0) is 13.7. The highest BCUT2D eigenvalue weighted by atomic mass is 32.2. The van der Waals surface area contributed by atoms with Crippen molar-refractivity contribution in [2.24, 2.45) is 0 Å². The first-order valence-corrected chi connectivity index (χ1v) is 9.10. The van der Waals surface area contributed by atoms with E-state index in [2.05, 4.69) is 49.6 Å². The molecule has 19 heavy (non-hydrogen) atoms. The monoisotopic (exact) mass is 307 g/mol. The van der Waals surface area contributed by atoms with Crippen LogP contribution in [0.4, 0.5) is 5.69 Å². The van der Waals surface area contributed by atoms with Gasteiger partial charge in [0.25, 0.3) is 0 Å². The number of nitrogens with two attached hydrogens (primary N) is 1. The van der Waals surface area contributed by atoms with Gasteiger partial charge in [0.15, 0.2) is 0 Å². The molecule has 0 heterocycles. The summed E-state index contributed by atoms with van der Waals surface area (Å²) in [5.74, 6) is 1.04. The van der Waals surface area contributed by atoms with Crippen molar-refractivity contribution in [1.82, 2.24) is 0 Å². The summed E-state index contributed by atoms with van der Waals surface area (Å²) in [5, 5.41) is 0. The minimum absolute atomic E-state index is 0.914. The van der Waals surface area contributed by atoms with Crippen LogP contribution >= 0.6 is 35.3 Å². The zero-order valence-corrected chi connectivity index (χ0v) is 13.5. The number of rotatable bonds is 5.